The van der Waals surface area contributed by atoms with Gasteiger partial charge in [-0.1, -0.05) is 45.4 Å². The van der Waals surface area contributed by atoms with E-state index in [0.29, 0.717) is 11.3 Å². The number of carboxylic acids is 1. The van der Waals surface area contributed by atoms with Crippen LogP contribution >= 0.6 is 0 Å². The molecule has 0 aliphatic heterocycles. The first-order valence-electron chi connectivity index (χ1n) is 7.36. The highest BCUT2D eigenvalue weighted by molar-refractivity contribution is 5.79. The van der Waals surface area contributed by atoms with Crippen molar-refractivity contribution in [3.05, 3.63) is 24.3 Å². The summed E-state index contributed by atoms with van der Waals surface area (Å²) in [6, 6.07) is 0. The van der Waals surface area contributed by atoms with Crippen LogP contribution in [0.1, 0.15) is 52.9 Å². The first-order valence-corrected chi connectivity index (χ1v) is 7.36. The molecule has 2 nitrogen and oxygen atoms in total. The van der Waals surface area contributed by atoms with E-state index in [4.69, 9.17) is 5.11 Å². The van der Waals surface area contributed by atoms with E-state index in [9.17, 15) is 4.79 Å². The normalized spacial score (nSPS) is 38.2. The molecule has 0 aromatic carbocycles. The van der Waals surface area contributed by atoms with Crippen molar-refractivity contribution in [2.45, 2.75) is 52.9 Å². The Morgan fingerprint density at radius 3 is 2.68 bits per heavy atom. The number of rotatable bonds is 2. The molecule has 1 N–H and O–H groups in total. The number of hydrogen-bond acceptors (Lipinski definition) is 1. The number of hydrogen-bond donors (Lipinski definition) is 1. The molecule has 0 aromatic rings. The van der Waals surface area contributed by atoms with Crippen LogP contribution in [0.2, 0.25) is 0 Å². The topological polar surface area (TPSA) is 37.3 Å². The molecule has 2 aliphatic carbocycles. The zero-order valence-electron chi connectivity index (χ0n) is 12.4. The highest BCUT2D eigenvalue weighted by Gasteiger charge is 2.52. The maximum Gasteiger partial charge on any atom is 0.327 e. The Bertz CT molecular complexity index is 419. The van der Waals surface area contributed by atoms with Gasteiger partial charge in [0.1, 0.15) is 0 Å². The minimum atomic E-state index is -0.853. The second-order valence-electron chi connectivity index (χ2n) is 7.27. The van der Waals surface area contributed by atoms with Gasteiger partial charge in [0.2, 0.25) is 0 Å². The third kappa shape index (κ3) is 2.50. The Labute approximate surface area is 116 Å². The van der Waals surface area contributed by atoms with E-state index >= 15 is 0 Å². The molecule has 2 saturated carbocycles. The fourth-order valence-electron chi connectivity index (χ4n) is 4.74. The van der Waals surface area contributed by atoms with Crippen LogP contribution in [-0.4, -0.2) is 11.1 Å². The summed E-state index contributed by atoms with van der Waals surface area (Å²) in [7, 11) is 0. The molecule has 0 bridgehead atoms. The molecule has 2 aliphatic rings. The molecule has 106 valence electrons. The lowest BCUT2D eigenvalue weighted by Gasteiger charge is -2.57. The van der Waals surface area contributed by atoms with Gasteiger partial charge in [-0.2, -0.15) is 0 Å². The van der Waals surface area contributed by atoms with Gasteiger partial charge >= 0.3 is 5.97 Å². The fourth-order valence-corrected chi connectivity index (χ4v) is 4.74. The summed E-state index contributed by atoms with van der Waals surface area (Å²) in [5, 5.41) is 8.90. The first kappa shape index (κ1) is 14.4. The van der Waals surface area contributed by atoms with Crippen molar-refractivity contribution >= 4 is 5.97 Å². The van der Waals surface area contributed by atoms with Crippen LogP contribution < -0.4 is 0 Å². The van der Waals surface area contributed by atoms with Gasteiger partial charge in [0, 0.05) is 12.0 Å². The standard InChI is InChI=1S/C17H26O2/c1-12-6-8-14-16(2,3)10-5-11-17(14,4)13(12)7-9-15(18)19/h7,9,13-14H,1,5-6,8,10-11H2,2-4H3,(H,18,19)/b9-7+/t13-,14?,17+/m0/s1. The molecular weight excluding hydrogens is 236 g/mol. The van der Waals surface area contributed by atoms with Gasteiger partial charge in [0.05, 0.1) is 0 Å². The molecule has 2 heteroatoms. The van der Waals surface area contributed by atoms with Crippen LogP contribution in [0.15, 0.2) is 24.3 Å². The number of allylic oxidation sites excluding steroid dienone is 2. The average molecular weight is 262 g/mol. The Morgan fingerprint density at radius 2 is 2.05 bits per heavy atom. The maximum absolute atomic E-state index is 10.8. The summed E-state index contributed by atoms with van der Waals surface area (Å²) in [5.74, 6) is 0.0400. The molecule has 2 rings (SSSR count). The van der Waals surface area contributed by atoms with E-state index in [1.165, 1.54) is 37.3 Å². The van der Waals surface area contributed by atoms with Crippen LogP contribution in [0.4, 0.5) is 0 Å². The second-order valence-corrected chi connectivity index (χ2v) is 7.27. The van der Waals surface area contributed by atoms with Crippen molar-refractivity contribution in [2.75, 3.05) is 0 Å². The van der Waals surface area contributed by atoms with Gasteiger partial charge < -0.3 is 5.11 Å². The van der Waals surface area contributed by atoms with E-state index in [2.05, 4.69) is 27.4 Å². The molecule has 0 radical (unpaired) electrons. The molecule has 19 heavy (non-hydrogen) atoms. The Balaban J connectivity index is 2.35. The lowest BCUT2D eigenvalue weighted by atomic mass is 9.47. The Morgan fingerprint density at radius 1 is 1.37 bits per heavy atom. The van der Waals surface area contributed by atoms with Gasteiger partial charge in [-0.15, -0.1) is 0 Å². The van der Waals surface area contributed by atoms with E-state index in [1.54, 1.807) is 0 Å². The summed E-state index contributed by atoms with van der Waals surface area (Å²) < 4.78 is 0. The summed E-state index contributed by atoms with van der Waals surface area (Å²) in [6.45, 7) is 11.3. The van der Waals surface area contributed by atoms with E-state index in [1.807, 2.05) is 6.08 Å². The van der Waals surface area contributed by atoms with Crippen molar-refractivity contribution in [3.8, 4) is 0 Å². The molecule has 0 aromatic heterocycles. The SMILES string of the molecule is C=C1CCC2C(C)(C)CCC[C@]2(C)[C@H]1/C=C/C(=O)O. The highest BCUT2D eigenvalue weighted by Crippen LogP contribution is 2.61. The summed E-state index contributed by atoms with van der Waals surface area (Å²) >= 11 is 0. The van der Waals surface area contributed by atoms with Gasteiger partial charge in [0.25, 0.3) is 0 Å². The Kier molecular flexibility index (Phi) is 3.63. The van der Waals surface area contributed by atoms with E-state index < -0.39 is 5.97 Å². The third-order valence-electron chi connectivity index (χ3n) is 5.61. The van der Waals surface area contributed by atoms with Gasteiger partial charge in [0.15, 0.2) is 0 Å². The monoisotopic (exact) mass is 262 g/mol. The van der Waals surface area contributed by atoms with E-state index in [-0.39, 0.29) is 11.3 Å². The molecule has 3 atom stereocenters. The van der Waals surface area contributed by atoms with Gasteiger partial charge in [-0.25, -0.2) is 4.79 Å². The number of carbonyl (C=O) groups is 1. The van der Waals surface area contributed by atoms with Crippen molar-refractivity contribution in [1.82, 2.24) is 0 Å². The highest BCUT2D eigenvalue weighted by atomic mass is 16.4. The Hall–Kier alpha value is -1.05. The molecule has 0 spiro atoms. The van der Waals surface area contributed by atoms with Gasteiger partial charge in [-0.3, -0.25) is 0 Å². The zero-order valence-corrected chi connectivity index (χ0v) is 12.4. The number of carboxylic acid groups (broad SMARTS) is 1. The predicted molar refractivity (Wildman–Crippen MR) is 77.9 cm³/mol. The van der Waals surface area contributed by atoms with Crippen LogP contribution in [0.25, 0.3) is 0 Å². The molecule has 1 unspecified atom stereocenters. The average Bonchev–Trinajstić information content (AvgIpc) is 2.26. The lowest BCUT2D eigenvalue weighted by molar-refractivity contribution is -0.131. The molecule has 0 heterocycles. The summed E-state index contributed by atoms with van der Waals surface area (Å²) in [6.07, 6.45) is 9.16. The van der Waals surface area contributed by atoms with Crippen molar-refractivity contribution in [3.63, 3.8) is 0 Å². The van der Waals surface area contributed by atoms with Crippen LogP contribution in [0.3, 0.4) is 0 Å². The zero-order chi connectivity index (χ0) is 14.3. The minimum absolute atomic E-state index is 0.184. The fraction of sp³-hybridized carbons (Fsp3) is 0.706. The smallest absolute Gasteiger partial charge is 0.327 e. The summed E-state index contributed by atoms with van der Waals surface area (Å²) in [5.41, 5.74) is 1.76. The van der Waals surface area contributed by atoms with Gasteiger partial charge in [-0.05, 0) is 42.4 Å². The second kappa shape index (κ2) is 4.81. The quantitative estimate of drug-likeness (QED) is 0.590. The molecule has 2 fully saturated rings. The largest absolute Gasteiger partial charge is 0.478 e. The predicted octanol–water partition coefficient (Wildman–Crippen LogP) is 4.43. The lowest BCUT2D eigenvalue weighted by Crippen LogP contribution is -2.48. The number of fused-ring (bicyclic) bond motifs is 1. The van der Waals surface area contributed by atoms with Crippen molar-refractivity contribution in [1.29, 1.82) is 0 Å². The van der Waals surface area contributed by atoms with Crippen LogP contribution in [0.5, 0.6) is 0 Å². The molecule has 0 amide bonds. The maximum atomic E-state index is 10.8. The van der Waals surface area contributed by atoms with Crippen molar-refractivity contribution in [2.24, 2.45) is 22.7 Å². The minimum Gasteiger partial charge on any atom is -0.478 e. The van der Waals surface area contributed by atoms with E-state index in [0.717, 1.165) is 6.42 Å². The first-order chi connectivity index (χ1) is 8.77. The summed E-state index contributed by atoms with van der Waals surface area (Å²) in [4.78, 5) is 10.8. The third-order valence-corrected chi connectivity index (χ3v) is 5.61. The van der Waals surface area contributed by atoms with Crippen LogP contribution in [-0.2, 0) is 4.79 Å². The van der Waals surface area contributed by atoms with Crippen molar-refractivity contribution < 1.29 is 9.90 Å². The molecular formula is C17H26O2. The number of aliphatic carboxylic acids is 1. The molecule has 0 saturated heterocycles. The van der Waals surface area contributed by atoms with Crippen LogP contribution in [0, 0.1) is 22.7 Å².